The summed E-state index contributed by atoms with van der Waals surface area (Å²) in [6.07, 6.45) is 0. The molecule has 9 aromatic rings. The van der Waals surface area contributed by atoms with Crippen molar-refractivity contribution in [3.63, 3.8) is 0 Å². The quantitative estimate of drug-likeness (QED) is 0.114. The van der Waals surface area contributed by atoms with Crippen LogP contribution in [0.15, 0.2) is 170 Å². The van der Waals surface area contributed by atoms with Crippen LogP contribution in [0.2, 0.25) is 0 Å². The fraction of sp³-hybridized carbons (Fsp3) is 0. The molecule has 2 nitrogen and oxygen atoms in total. The van der Waals surface area contributed by atoms with E-state index in [0.29, 0.717) is 0 Å². The summed E-state index contributed by atoms with van der Waals surface area (Å²) in [7, 11) is -3.24. The van der Waals surface area contributed by atoms with Crippen LogP contribution in [0.25, 0.3) is 65.3 Å². The number of benzene rings is 8. The van der Waals surface area contributed by atoms with E-state index >= 15 is 4.57 Å². The van der Waals surface area contributed by atoms with Gasteiger partial charge in [0, 0.05) is 43.0 Å². The molecule has 0 spiro atoms. The molecule has 9 rings (SSSR count). The molecule has 1 atom stereocenters. The molecule has 0 amide bonds. The highest BCUT2D eigenvalue weighted by atomic mass is 31.2. The summed E-state index contributed by atoms with van der Waals surface area (Å²) in [6.45, 7) is 0. The molecule has 1 heterocycles. The lowest BCUT2D eigenvalue weighted by Crippen LogP contribution is -2.25. The minimum atomic E-state index is -3.24. The van der Waals surface area contributed by atoms with Gasteiger partial charge in [0.2, 0.25) is 0 Å². The highest BCUT2D eigenvalue weighted by molar-refractivity contribution is 7.85. The molecular weight excluding hydrogens is 577 g/mol. The van der Waals surface area contributed by atoms with E-state index in [1.165, 1.54) is 0 Å². The Morgan fingerprint density at radius 3 is 1.57 bits per heavy atom. The molecule has 0 fully saturated rings. The number of hydrogen-bond donors (Lipinski definition) is 0. The molecule has 3 heteroatoms. The minimum Gasteiger partial charge on any atom is -0.309 e. The topological polar surface area (TPSA) is 30.0 Å². The Morgan fingerprint density at radius 2 is 0.891 bits per heavy atom. The van der Waals surface area contributed by atoms with Crippen LogP contribution in [0, 0.1) is 0 Å². The van der Waals surface area contributed by atoms with Crippen molar-refractivity contribution >= 4 is 77.2 Å². The van der Waals surface area contributed by atoms with Crippen molar-refractivity contribution in [1.29, 1.82) is 0 Å². The van der Waals surface area contributed by atoms with Gasteiger partial charge in [-0.3, -0.25) is 0 Å². The summed E-state index contributed by atoms with van der Waals surface area (Å²) >= 11 is 0. The van der Waals surface area contributed by atoms with Gasteiger partial charge >= 0.3 is 0 Å². The Labute approximate surface area is 267 Å². The van der Waals surface area contributed by atoms with E-state index in [2.05, 4.69) is 115 Å². The zero-order valence-electron chi connectivity index (χ0n) is 25.0. The zero-order chi connectivity index (χ0) is 30.7. The van der Waals surface area contributed by atoms with Gasteiger partial charge in [-0.1, -0.05) is 158 Å². The number of fused-ring (bicyclic) bond motifs is 7. The van der Waals surface area contributed by atoms with Gasteiger partial charge in [0.1, 0.15) is 0 Å². The van der Waals surface area contributed by atoms with Crippen molar-refractivity contribution in [2.75, 3.05) is 0 Å². The first-order chi connectivity index (χ1) is 22.7. The van der Waals surface area contributed by atoms with Crippen LogP contribution in [0.3, 0.4) is 0 Å². The van der Waals surface area contributed by atoms with Gasteiger partial charge in [-0.25, -0.2) is 4.98 Å². The first kappa shape index (κ1) is 26.8. The minimum absolute atomic E-state index is 0.811. The molecule has 0 saturated heterocycles. The molecule has 1 aromatic heterocycles. The highest BCUT2D eigenvalue weighted by Crippen LogP contribution is 2.45. The number of nitrogens with zero attached hydrogens (tertiary/aromatic N) is 1. The average molecular weight is 606 g/mol. The molecule has 0 N–H and O–H groups in total. The van der Waals surface area contributed by atoms with E-state index in [-0.39, 0.29) is 0 Å². The second kappa shape index (κ2) is 10.5. The van der Waals surface area contributed by atoms with Crippen molar-refractivity contribution < 1.29 is 4.57 Å². The lowest BCUT2D eigenvalue weighted by Gasteiger charge is -2.22. The van der Waals surface area contributed by atoms with E-state index in [0.717, 1.165) is 81.2 Å². The maximum absolute atomic E-state index is 15.7. The largest absolute Gasteiger partial charge is 0.309 e. The van der Waals surface area contributed by atoms with Gasteiger partial charge in [-0.2, -0.15) is 0 Å². The van der Waals surface area contributed by atoms with E-state index in [9.17, 15) is 0 Å². The van der Waals surface area contributed by atoms with Crippen LogP contribution in [-0.4, -0.2) is 4.98 Å². The van der Waals surface area contributed by atoms with Crippen molar-refractivity contribution in [2.24, 2.45) is 0 Å². The third-order valence-electron chi connectivity index (χ3n) is 9.28. The lowest BCUT2D eigenvalue weighted by atomic mass is 9.92. The van der Waals surface area contributed by atoms with Gasteiger partial charge in [0.05, 0.1) is 11.0 Å². The molecular formula is C43H28NOP. The Balaban J connectivity index is 1.36. The van der Waals surface area contributed by atoms with Crippen molar-refractivity contribution in [2.45, 2.75) is 0 Å². The van der Waals surface area contributed by atoms with Crippen LogP contribution < -0.4 is 15.9 Å². The predicted molar refractivity (Wildman–Crippen MR) is 197 cm³/mol. The first-order valence-electron chi connectivity index (χ1n) is 15.6. The Hall–Kier alpha value is -5.56. The fourth-order valence-electron chi connectivity index (χ4n) is 7.04. The van der Waals surface area contributed by atoms with Gasteiger partial charge in [0.15, 0.2) is 7.14 Å². The van der Waals surface area contributed by atoms with Crippen LogP contribution in [0.1, 0.15) is 0 Å². The van der Waals surface area contributed by atoms with Crippen LogP contribution in [-0.2, 0) is 4.57 Å². The van der Waals surface area contributed by atoms with E-state index in [4.69, 9.17) is 4.98 Å². The number of aromatic nitrogens is 1. The summed E-state index contributed by atoms with van der Waals surface area (Å²) in [5.74, 6) is 0. The number of rotatable bonds is 4. The van der Waals surface area contributed by atoms with Gasteiger partial charge in [0.25, 0.3) is 0 Å². The first-order valence-corrected chi connectivity index (χ1v) is 17.3. The van der Waals surface area contributed by atoms with E-state index < -0.39 is 7.14 Å². The third-order valence-corrected chi connectivity index (χ3v) is 12.3. The summed E-state index contributed by atoms with van der Waals surface area (Å²) in [4.78, 5) is 5.36. The van der Waals surface area contributed by atoms with Gasteiger partial charge in [-0.15, -0.1) is 0 Å². The summed E-state index contributed by atoms with van der Waals surface area (Å²) in [6, 6.07) is 58.5. The number of pyridine rings is 1. The van der Waals surface area contributed by atoms with Crippen molar-refractivity contribution in [1.82, 2.24) is 4.98 Å². The Bertz CT molecular complexity index is 2580. The van der Waals surface area contributed by atoms with Crippen LogP contribution in [0.4, 0.5) is 0 Å². The van der Waals surface area contributed by atoms with Gasteiger partial charge < -0.3 is 4.57 Å². The van der Waals surface area contributed by atoms with Crippen molar-refractivity contribution in [3.8, 4) is 11.1 Å². The average Bonchev–Trinajstić information content (AvgIpc) is 3.13. The third kappa shape index (κ3) is 4.11. The Kier molecular flexibility index (Phi) is 6.13. The highest BCUT2D eigenvalue weighted by Gasteiger charge is 2.30. The summed E-state index contributed by atoms with van der Waals surface area (Å²) < 4.78 is 15.7. The molecule has 0 radical (unpaired) electrons. The maximum Gasteiger partial charge on any atom is 0.171 e. The molecule has 0 aliphatic carbocycles. The molecule has 216 valence electrons. The fourth-order valence-corrected chi connectivity index (χ4v) is 9.75. The standard InChI is InChI=1S/C43H28NOP/c45-46(34-16-2-1-3-17-34,36-24-21-29-11-4-5-14-32(29)27-36)35-18-10-15-33(28-35)41-39-25-22-30-12-6-8-19-37(30)42(39)44-43-38-20-9-7-13-31(38)23-26-40(41)43/h1-28H. The van der Waals surface area contributed by atoms with Crippen LogP contribution in [0.5, 0.6) is 0 Å². The Morgan fingerprint density at radius 1 is 0.370 bits per heavy atom. The molecule has 0 saturated carbocycles. The molecule has 8 aromatic carbocycles. The maximum atomic E-state index is 15.7. The van der Waals surface area contributed by atoms with Crippen molar-refractivity contribution in [3.05, 3.63) is 170 Å². The molecule has 0 aliphatic rings. The molecule has 1 unspecified atom stereocenters. The lowest BCUT2D eigenvalue weighted by molar-refractivity contribution is 0.592. The number of hydrogen-bond acceptors (Lipinski definition) is 2. The van der Waals surface area contributed by atoms with E-state index in [1.807, 2.05) is 54.6 Å². The second-order valence-electron chi connectivity index (χ2n) is 11.9. The summed E-state index contributed by atoms with van der Waals surface area (Å²) in [5, 5.41) is 11.4. The van der Waals surface area contributed by atoms with Crippen LogP contribution >= 0.6 is 7.14 Å². The summed E-state index contributed by atoms with van der Waals surface area (Å²) in [5.41, 5.74) is 4.08. The molecule has 46 heavy (non-hydrogen) atoms. The molecule has 0 bridgehead atoms. The van der Waals surface area contributed by atoms with E-state index in [1.54, 1.807) is 0 Å². The normalized spacial score (nSPS) is 13.0. The van der Waals surface area contributed by atoms with Gasteiger partial charge in [-0.05, 0) is 39.2 Å². The smallest absolute Gasteiger partial charge is 0.171 e. The zero-order valence-corrected chi connectivity index (χ0v) is 25.9. The second-order valence-corrected chi connectivity index (χ2v) is 14.6. The molecule has 0 aliphatic heterocycles. The monoisotopic (exact) mass is 605 g/mol. The SMILES string of the molecule is O=P(c1ccccc1)(c1cccc(-c2c3ccc4ccccc4c3nc3c2ccc2ccccc23)c1)c1ccc2ccccc2c1. The predicted octanol–water partition coefficient (Wildman–Crippen LogP) is 10.2.